The van der Waals surface area contributed by atoms with Crippen molar-refractivity contribution < 1.29 is 19.1 Å². The van der Waals surface area contributed by atoms with E-state index < -0.39 is 18.0 Å². The second-order valence-corrected chi connectivity index (χ2v) is 7.97. The standard InChI is InChI=1S/C26H23NO4/c1-17(25(28)27-15-14-18-8-2-3-9-19(18)16-27)30-26(29)24-20-10-4-6-12-22(20)31-23-13-7-5-11-21(23)24/h2-13,17,24H,14-16H2,1H3. The molecule has 5 rings (SSSR count). The van der Waals surface area contributed by atoms with Crippen molar-refractivity contribution >= 4 is 11.9 Å². The first-order valence-corrected chi connectivity index (χ1v) is 10.5. The first-order valence-electron chi connectivity index (χ1n) is 10.5. The fourth-order valence-electron chi connectivity index (χ4n) is 4.40. The molecule has 0 fully saturated rings. The second kappa shape index (κ2) is 7.91. The van der Waals surface area contributed by atoms with Crippen LogP contribution in [-0.4, -0.2) is 29.4 Å². The SMILES string of the molecule is CC(OC(=O)C1c2ccccc2Oc2ccccc21)C(=O)N1CCc2ccccc2C1. The third-order valence-corrected chi connectivity index (χ3v) is 6.00. The van der Waals surface area contributed by atoms with Crippen LogP contribution >= 0.6 is 0 Å². The summed E-state index contributed by atoms with van der Waals surface area (Å²) in [5, 5.41) is 0. The Labute approximate surface area is 181 Å². The summed E-state index contributed by atoms with van der Waals surface area (Å²) in [5.41, 5.74) is 3.91. The van der Waals surface area contributed by atoms with Gasteiger partial charge in [-0.15, -0.1) is 0 Å². The van der Waals surface area contributed by atoms with Gasteiger partial charge < -0.3 is 14.4 Å². The van der Waals surface area contributed by atoms with Gasteiger partial charge in [-0.1, -0.05) is 60.7 Å². The topological polar surface area (TPSA) is 55.8 Å². The molecule has 5 heteroatoms. The summed E-state index contributed by atoms with van der Waals surface area (Å²) in [5.74, 6) is 0.0287. The molecule has 0 saturated heterocycles. The average molecular weight is 413 g/mol. The normalized spacial score (nSPS) is 15.7. The molecule has 0 saturated carbocycles. The molecule has 2 heterocycles. The van der Waals surface area contributed by atoms with Crippen LogP contribution in [0.1, 0.15) is 35.1 Å². The molecule has 2 aliphatic heterocycles. The van der Waals surface area contributed by atoms with E-state index >= 15 is 0 Å². The Morgan fingerprint density at radius 3 is 2.16 bits per heavy atom. The van der Waals surface area contributed by atoms with Crippen molar-refractivity contribution in [1.82, 2.24) is 4.90 Å². The fourth-order valence-corrected chi connectivity index (χ4v) is 4.40. The third-order valence-electron chi connectivity index (χ3n) is 6.00. The maximum Gasteiger partial charge on any atom is 0.318 e. The second-order valence-electron chi connectivity index (χ2n) is 7.97. The lowest BCUT2D eigenvalue weighted by Gasteiger charge is -2.32. The first-order chi connectivity index (χ1) is 15.1. The number of carbonyl (C=O) groups excluding carboxylic acids is 2. The van der Waals surface area contributed by atoms with Gasteiger partial charge in [0.25, 0.3) is 5.91 Å². The molecule has 5 nitrogen and oxygen atoms in total. The quantitative estimate of drug-likeness (QED) is 0.596. The number of nitrogens with zero attached hydrogens (tertiary/aromatic N) is 1. The number of rotatable bonds is 3. The molecular weight excluding hydrogens is 390 g/mol. The van der Waals surface area contributed by atoms with Crippen LogP contribution in [0.4, 0.5) is 0 Å². The molecule has 1 unspecified atom stereocenters. The Kier molecular flexibility index (Phi) is 4.94. The molecule has 3 aromatic rings. The molecule has 0 radical (unpaired) electrons. The van der Waals surface area contributed by atoms with Gasteiger partial charge in [-0.05, 0) is 36.6 Å². The number of hydrogen-bond acceptors (Lipinski definition) is 4. The molecule has 0 aromatic heterocycles. The highest BCUT2D eigenvalue weighted by atomic mass is 16.5. The van der Waals surface area contributed by atoms with Crippen molar-refractivity contribution in [1.29, 1.82) is 0 Å². The van der Waals surface area contributed by atoms with Crippen LogP contribution in [-0.2, 0) is 27.3 Å². The number of esters is 1. The highest BCUT2D eigenvalue weighted by molar-refractivity contribution is 5.89. The van der Waals surface area contributed by atoms with E-state index in [-0.39, 0.29) is 5.91 Å². The van der Waals surface area contributed by atoms with Crippen molar-refractivity contribution in [2.75, 3.05) is 6.54 Å². The maximum atomic E-state index is 13.3. The summed E-state index contributed by atoms with van der Waals surface area (Å²) in [6.07, 6.45) is -0.0524. The fraction of sp³-hybridized carbons (Fsp3) is 0.231. The molecule has 0 bridgehead atoms. The number of carbonyl (C=O) groups is 2. The minimum atomic E-state index is -0.861. The molecule has 3 aromatic carbocycles. The Morgan fingerprint density at radius 2 is 1.48 bits per heavy atom. The maximum absolute atomic E-state index is 13.3. The predicted molar refractivity (Wildman–Crippen MR) is 116 cm³/mol. The zero-order valence-electron chi connectivity index (χ0n) is 17.3. The van der Waals surface area contributed by atoms with Crippen LogP contribution in [0.2, 0.25) is 0 Å². The van der Waals surface area contributed by atoms with Crippen LogP contribution in [0.25, 0.3) is 0 Å². The van der Waals surface area contributed by atoms with Crippen LogP contribution < -0.4 is 4.74 Å². The first kappa shape index (κ1) is 19.4. The summed E-state index contributed by atoms with van der Waals surface area (Å²) < 4.78 is 11.7. The molecule has 156 valence electrons. The lowest BCUT2D eigenvalue weighted by molar-refractivity contribution is -0.160. The zero-order valence-corrected chi connectivity index (χ0v) is 17.3. The van der Waals surface area contributed by atoms with Gasteiger partial charge in [0, 0.05) is 24.2 Å². The number of fused-ring (bicyclic) bond motifs is 3. The molecule has 1 amide bonds. The van der Waals surface area contributed by atoms with Gasteiger partial charge in [0.1, 0.15) is 17.4 Å². The zero-order chi connectivity index (χ0) is 21.4. The van der Waals surface area contributed by atoms with Crippen molar-refractivity contribution in [2.45, 2.75) is 31.9 Å². The number of hydrogen-bond donors (Lipinski definition) is 0. The van der Waals surface area contributed by atoms with Gasteiger partial charge >= 0.3 is 5.97 Å². The lowest BCUT2D eigenvalue weighted by atomic mass is 9.88. The molecule has 0 N–H and O–H groups in total. The van der Waals surface area contributed by atoms with Crippen LogP contribution in [0, 0.1) is 0 Å². The minimum absolute atomic E-state index is 0.170. The number of benzene rings is 3. The molecule has 0 aliphatic carbocycles. The van der Waals surface area contributed by atoms with Gasteiger partial charge in [-0.25, -0.2) is 0 Å². The van der Waals surface area contributed by atoms with E-state index in [0.717, 1.165) is 23.1 Å². The third kappa shape index (κ3) is 3.56. The summed E-state index contributed by atoms with van der Waals surface area (Å²) in [6, 6.07) is 23.0. The van der Waals surface area contributed by atoms with Crippen LogP contribution in [0.15, 0.2) is 72.8 Å². The van der Waals surface area contributed by atoms with E-state index in [0.29, 0.717) is 24.6 Å². The monoisotopic (exact) mass is 413 g/mol. The summed E-state index contributed by atoms with van der Waals surface area (Å²) in [4.78, 5) is 28.1. The summed E-state index contributed by atoms with van der Waals surface area (Å²) in [7, 11) is 0. The van der Waals surface area contributed by atoms with Gasteiger partial charge in [0.2, 0.25) is 0 Å². The predicted octanol–water partition coefficient (Wildman–Crippen LogP) is 4.44. The molecule has 1 atom stereocenters. The van der Waals surface area contributed by atoms with Crippen LogP contribution in [0.3, 0.4) is 0 Å². The van der Waals surface area contributed by atoms with E-state index in [1.807, 2.05) is 66.7 Å². The van der Waals surface area contributed by atoms with Crippen molar-refractivity contribution in [3.8, 4) is 11.5 Å². The summed E-state index contributed by atoms with van der Waals surface area (Å²) in [6.45, 7) is 2.82. The van der Waals surface area contributed by atoms with Crippen molar-refractivity contribution in [3.63, 3.8) is 0 Å². The Hall–Kier alpha value is -3.60. The highest BCUT2D eigenvalue weighted by Gasteiger charge is 2.36. The van der Waals surface area contributed by atoms with Crippen molar-refractivity contribution in [2.24, 2.45) is 0 Å². The lowest BCUT2D eigenvalue weighted by Crippen LogP contribution is -2.43. The number of ether oxygens (including phenoxy) is 2. The molecular formula is C26H23NO4. The largest absolute Gasteiger partial charge is 0.457 e. The highest BCUT2D eigenvalue weighted by Crippen LogP contribution is 2.44. The van der Waals surface area contributed by atoms with E-state index in [1.54, 1.807) is 11.8 Å². The molecule has 2 aliphatic rings. The number of amides is 1. The van der Waals surface area contributed by atoms with E-state index in [2.05, 4.69) is 6.07 Å². The Balaban J connectivity index is 1.35. The van der Waals surface area contributed by atoms with Gasteiger partial charge in [-0.3, -0.25) is 9.59 Å². The van der Waals surface area contributed by atoms with Gasteiger partial charge in [0.05, 0.1) is 0 Å². The van der Waals surface area contributed by atoms with Crippen molar-refractivity contribution in [3.05, 3.63) is 95.1 Å². The van der Waals surface area contributed by atoms with Crippen LogP contribution in [0.5, 0.6) is 11.5 Å². The van der Waals surface area contributed by atoms with E-state index in [1.165, 1.54) is 5.56 Å². The Morgan fingerprint density at radius 1 is 0.903 bits per heavy atom. The van der Waals surface area contributed by atoms with Gasteiger partial charge in [-0.2, -0.15) is 0 Å². The van der Waals surface area contributed by atoms with E-state index in [4.69, 9.17) is 9.47 Å². The number of para-hydroxylation sites is 2. The average Bonchev–Trinajstić information content (AvgIpc) is 2.81. The Bertz CT molecular complexity index is 1110. The van der Waals surface area contributed by atoms with Gasteiger partial charge in [0.15, 0.2) is 6.10 Å². The summed E-state index contributed by atoms with van der Waals surface area (Å²) >= 11 is 0. The minimum Gasteiger partial charge on any atom is -0.457 e. The molecule has 0 spiro atoms. The smallest absolute Gasteiger partial charge is 0.318 e. The molecule has 31 heavy (non-hydrogen) atoms. The van der Waals surface area contributed by atoms with E-state index in [9.17, 15) is 9.59 Å².